The summed E-state index contributed by atoms with van der Waals surface area (Å²) in [6.07, 6.45) is 4.01. The average Bonchev–Trinajstić information content (AvgIpc) is 2.48. The number of nitrogens with two attached hydrogens (primary N) is 1. The molecule has 5 atom stereocenters. The molecule has 0 aliphatic heterocycles. The Hall–Kier alpha value is -1.08. The van der Waals surface area contributed by atoms with Crippen molar-refractivity contribution in [3.05, 3.63) is 0 Å². The van der Waals surface area contributed by atoms with Gasteiger partial charge in [-0.2, -0.15) is 5.26 Å². The first-order valence-electron chi connectivity index (χ1n) is 6.40. The molecule has 3 fully saturated rings. The van der Waals surface area contributed by atoms with Crippen LogP contribution in [0.3, 0.4) is 0 Å². The van der Waals surface area contributed by atoms with Crippen molar-refractivity contribution in [2.24, 2.45) is 34.3 Å². The van der Waals surface area contributed by atoms with E-state index in [9.17, 15) is 10.1 Å². The normalized spacial score (nSPS) is 50.5. The predicted molar refractivity (Wildman–Crippen MR) is 60.7 cm³/mol. The molecule has 0 aromatic carbocycles. The number of carbonyl (C=O) groups is 1. The highest BCUT2D eigenvalue weighted by molar-refractivity contribution is 5.68. The fraction of sp³-hybridized carbons (Fsp3) is 0.846. The molecule has 3 N–H and O–H groups in total. The van der Waals surface area contributed by atoms with Gasteiger partial charge in [0, 0.05) is 0 Å². The van der Waals surface area contributed by atoms with Gasteiger partial charge in [0.15, 0.2) is 0 Å². The molecule has 0 amide bonds. The fourth-order valence-corrected chi connectivity index (χ4v) is 5.09. The summed E-state index contributed by atoms with van der Waals surface area (Å²) in [6.45, 7) is 0.465. The van der Waals surface area contributed by atoms with Gasteiger partial charge in [-0.1, -0.05) is 0 Å². The summed E-state index contributed by atoms with van der Waals surface area (Å²) in [7, 11) is 0. The SMILES string of the molecule is N#C[C@@]12CC[C@H]3[C@@H](C1)[C@@H](C2)[C@@]3(CN)CC(=O)O. The van der Waals surface area contributed by atoms with Crippen LogP contribution in [0, 0.1) is 39.9 Å². The summed E-state index contributed by atoms with van der Waals surface area (Å²) in [5, 5.41) is 18.4. The van der Waals surface area contributed by atoms with Gasteiger partial charge in [-0.15, -0.1) is 0 Å². The lowest BCUT2D eigenvalue weighted by molar-refractivity contribution is -0.156. The lowest BCUT2D eigenvalue weighted by atomic mass is 9.45. The second-order valence-electron chi connectivity index (χ2n) is 6.22. The minimum absolute atomic E-state index is 0.152. The molecule has 3 aliphatic carbocycles. The van der Waals surface area contributed by atoms with Crippen LogP contribution in [0.25, 0.3) is 0 Å². The molecule has 3 saturated carbocycles. The van der Waals surface area contributed by atoms with Crippen molar-refractivity contribution in [3.8, 4) is 6.07 Å². The molecule has 0 saturated heterocycles. The molecule has 0 aromatic rings. The Morgan fingerprint density at radius 1 is 1.47 bits per heavy atom. The largest absolute Gasteiger partial charge is 0.481 e. The maximum Gasteiger partial charge on any atom is 0.303 e. The van der Waals surface area contributed by atoms with E-state index < -0.39 is 5.97 Å². The minimum Gasteiger partial charge on any atom is -0.481 e. The minimum atomic E-state index is -0.741. The lowest BCUT2D eigenvalue weighted by Crippen LogP contribution is -2.59. The highest BCUT2D eigenvalue weighted by Crippen LogP contribution is 2.73. The van der Waals surface area contributed by atoms with Gasteiger partial charge in [0.25, 0.3) is 0 Å². The summed E-state index contributed by atoms with van der Waals surface area (Å²) in [6, 6.07) is 2.49. The van der Waals surface area contributed by atoms with E-state index in [0.29, 0.717) is 24.3 Å². The van der Waals surface area contributed by atoms with Gasteiger partial charge in [0.2, 0.25) is 0 Å². The van der Waals surface area contributed by atoms with E-state index in [0.717, 1.165) is 25.7 Å². The summed E-state index contributed by atoms with van der Waals surface area (Å²) in [5.41, 5.74) is 5.54. The molecule has 0 heterocycles. The van der Waals surface area contributed by atoms with Crippen molar-refractivity contribution >= 4 is 5.97 Å². The topological polar surface area (TPSA) is 87.1 Å². The van der Waals surface area contributed by atoms with Crippen LogP contribution >= 0.6 is 0 Å². The zero-order chi connectivity index (χ0) is 12.3. The van der Waals surface area contributed by atoms with E-state index in [1.54, 1.807) is 0 Å². The maximum absolute atomic E-state index is 11.1. The molecule has 4 heteroatoms. The molecule has 0 spiro atoms. The monoisotopic (exact) mass is 234 g/mol. The van der Waals surface area contributed by atoms with Crippen molar-refractivity contribution in [3.63, 3.8) is 0 Å². The van der Waals surface area contributed by atoms with E-state index in [1.807, 2.05) is 0 Å². The molecule has 3 rings (SSSR count). The highest BCUT2D eigenvalue weighted by Gasteiger charge is 2.69. The second kappa shape index (κ2) is 3.23. The number of nitrogens with zero attached hydrogens (tertiary/aromatic N) is 1. The van der Waals surface area contributed by atoms with Crippen LogP contribution in [0.4, 0.5) is 0 Å². The van der Waals surface area contributed by atoms with Crippen LogP contribution in [0.15, 0.2) is 0 Å². The first-order valence-corrected chi connectivity index (χ1v) is 6.40. The van der Waals surface area contributed by atoms with Crippen molar-refractivity contribution in [2.45, 2.75) is 32.1 Å². The molecule has 4 nitrogen and oxygen atoms in total. The third-order valence-corrected chi connectivity index (χ3v) is 5.78. The van der Waals surface area contributed by atoms with Gasteiger partial charge in [-0.05, 0) is 55.4 Å². The summed E-state index contributed by atoms with van der Waals surface area (Å²) in [4.78, 5) is 11.1. The van der Waals surface area contributed by atoms with Crippen LogP contribution in [-0.4, -0.2) is 17.6 Å². The first kappa shape index (κ1) is 11.0. The summed E-state index contributed by atoms with van der Waals surface area (Å²) in [5.74, 6) is 0.676. The smallest absolute Gasteiger partial charge is 0.303 e. The highest BCUT2D eigenvalue weighted by atomic mass is 16.4. The van der Waals surface area contributed by atoms with Gasteiger partial charge < -0.3 is 10.8 Å². The number of fused-ring (bicyclic) bond motifs is 1. The molecule has 0 unspecified atom stereocenters. The average molecular weight is 234 g/mol. The van der Waals surface area contributed by atoms with Crippen LogP contribution in [0.1, 0.15) is 32.1 Å². The Kier molecular flexibility index (Phi) is 2.10. The quantitative estimate of drug-likeness (QED) is 0.772. The fourth-order valence-electron chi connectivity index (χ4n) is 5.09. The Bertz CT molecular complexity index is 416. The van der Waals surface area contributed by atoms with Crippen LogP contribution in [0.2, 0.25) is 0 Å². The number of aliphatic carboxylic acids is 1. The Morgan fingerprint density at radius 3 is 2.82 bits per heavy atom. The molecule has 0 aromatic heterocycles. The maximum atomic E-state index is 11.1. The van der Waals surface area contributed by atoms with E-state index in [-0.39, 0.29) is 17.3 Å². The molecular weight excluding hydrogens is 216 g/mol. The molecule has 17 heavy (non-hydrogen) atoms. The van der Waals surface area contributed by atoms with Crippen molar-refractivity contribution in [2.75, 3.05) is 6.54 Å². The molecule has 92 valence electrons. The van der Waals surface area contributed by atoms with E-state index in [4.69, 9.17) is 10.8 Å². The molecule has 2 bridgehead atoms. The predicted octanol–water partition coefficient (Wildman–Crippen LogP) is 1.37. The number of carboxylic acids is 1. The Morgan fingerprint density at radius 2 is 2.24 bits per heavy atom. The number of carboxylic acid groups (broad SMARTS) is 1. The van der Waals surface area contributed by atoms with Gasteiger partial charge in [0.05, 0.1) is 17.9 Å². The van der Waals surface area contributed by atoms with Gasteiger partial charge >= 0.3 is 5.97 Å². The van der Waals surface area contributed by atoms with Crippen molar-refractivity contribution in [1.29, 1.82) is 5.26 Å². The van der Waals surface area contributed by atoms with Crippen molar-refractivity contribution < 1.29 is 9.90 Å². The Labute approximate surface area is 101 Å². The number of nitriles is 1. The van der Waals surface area contributed by atoms with Crippen molar-refractivity contribution in [1.82, 2.24) is 0 Å². The van der Waals surface area contributed by atoms with Gasteiger partial charge in [-0.25, -0.2) is 0 Å². The third kappa shape index (κ3) is 1.18. The second-order valence-corrected chi connectivity index (χ2v) is 6.22. The lowest BCUT2D eigenvalue weighted by Gasteiger charge is -2.59. The number of hydrogen-bond donors (Lipinski definition) is 2. The summed E-state index contributed by atoms with van der Waals surface area (Å²) >= 11 is 0. The van der Waals surface area contributed by atoms with E-state index in [2.05, 4.69) is 6.07 Å². The van der Waals surface area contributed by atoms with E-state index in [1.165, 1.54) is 0 Å². The van der Waals surface area contributed by atoms with Crippen LogP contribution in [0.5, 0.6) is 0 Å². The van der Waals surface area contributed by atoms with Gasteiger partial charge in [-0.3, -0.25) is 4.79 Å². The molecule has 0 radical (unpaired) electrons. The van der Waals surface area contributed by atoms with Gasteiger partial charge in [0.1, 0.15) is 0 Å². The Balaban J connectivity index is 1.92. The van der Waals surface area contributed by atoms with Crippen LogP contribution < -0.4 is 5.73 Å². The number of rotatable bonds is 3. The molecule has 3 aliphatic rings. The zero-order valence-corrected chi connectivity index (χ0v) is 9.85. The van der Waals surface area contributed by atoms with E-state index >= 15 is 0 Å². The third-order valence-electron chi connectivity index (χ3n) is 5.78. The molecular formula is C13H18N2O2. The zero-order valence-electron chi connectivity index (χ0n) is 9.85. The number of hydrogen-bond acceptors (Lipinski definition) is 3. The standard InChI is InChI=1S/C13H18N2O2/c14-6-12-2-1-9-8(3-12)10(4-12)13(9,7-15)5-11(16)17/h8-10H,1-5,7,15H2,(H,16,17)/t8-,9+,10-,12+,13-/m1/s1. The first-order chi connectivity index (χ1) is 8.07. The van der Waals surface area contributed by atoms with Crippen LogP contribution in [-0.2, 0) is 4.79 Å². The summed E-state index contributed by atoms with van der Waals surface area (Å²) < 4.78 is 0.